The SMILES string of the molecule is CC(O)OC(OC(C(O)CO)C(O)C(O)C=O)C(O)O. The first kappa shape index (κ1) is 19.3. The van der Waals surface area contributed by atoms with Crippen molar-refractivity contribution in [2.24, 2.45) is 0 Å². The number of aliphatic hydroxyl groups is 7. The van der Waals surface area contributed by atoms with Crippen LogP contribution in [0.3, 0.4) is 0 Å². The minimum atomic E-state index is -2.25. The van der Waals surface area contributed by atoms with Gasteiger partial charge in [-0.05, 0) is 6.92 Å². The Morgan fingerprint density at radius 1 is 1.05 bits per heavy atom. The van der Waals surface area contributed by atoms with Crippen molar-refractivity contribution in [2.45, 2.75) is 50.2 Å². The molecular formula is C10H20O10. The van der Waals surface area contributed by atoms with Gasteiger partial charge in [-0.15, -0.1) is 0 Å². The van der Waals surface area contributed by atoms with Crippen LogP contribution in [0.15, 0.2) is 0 Å². The van der Waals surface area contributed by atoms with E-state index < -0.39 is 49.9 Å². The molecule has 0 rings (SSSR count). The molecule has 0 aromatic rings. The third-order valence-electron chi connectivity index (χ3n) is 2.26. The predicted molar refractivity (Wildman–Crippen MR) is 60.8 cm³/mol. The van der Waals surface area contributed by atoms with Crippen LogP contribution in [-0.2, 0) is 14.3 Å². The summed E-state index contributed by atoms with van der Waals surface area (Å²) in [5.74, 6) is 0. The largest absolute Gasteiger partial charge is 0.394 e. The van der Waals surface area contributed by atoms with Gasteiger partial charge in [-0.2, -0.15) is 0 Å². The summed E-state index contributed by atoms with van der Waals surface area (Å²) in [6.45, 7) is 0.225. The Morgan fingerprint density at radius 2 is 1.60 bits per heavy atom. The number of rotatable bonds is 10. The molecule has 0 aliphatic heterocycles. The normalized spacial score (nSPS) is 21.1. The monoisotopic (exact) mass is 300 g/mol. The molecule has 0 saturated heterocycles. The van der Waals surface area contributed by atoms with Crippen LogP contribution >= 0.6 is 0 Å². The molecule has 0 radical (unpaired) electrons. The second kappa shape index (κ2) is 9.28. The molecule has 120 valence electrons. The van der Waals surface area contributed by atoms with Gasteiger partial charge in [-0.1, -0.05) is 0 Å². The summed E-state index contributed by atoms with van der Waals surface area (Å²) >= 11 is 0. The van der Waals surface area contributed by atoms with Crippen LogP contribution in [0.2, 0.25) is 0 Å². The summed E-state index contributed by atoms with van der Waals surface area (Å²) in [5.41, 5.74) is 0. The third-order valence-corrected chi connectivity index (χ3v) is 2.26. The molecule has 7 N–H and O–H groups in total. The standard InChI is InChI=1S/C10H20O10/c1-4(13)19-10(9(17)18)20-8(6(15)3-12)7(16)5(14)2-11/h2,4-10,12-18H,3H2,1H3. The van der Waals surface area contributed by atoms with Crippen LogP contribution in [-0.4, -0.2) is 91.9 Å². The molecule has 0 aromatic carbocycles. The van der Waals surface area contributed by atoms with Crippen LogP contribution in [0.4, 0.5) is 0 Å². The summed E-state index contributed by atoms with van der Waals surface area (Å²) in [4.78, 5) is 10.4. The molecule has 20 heavy (non-hydrogen) atoms. The van der Waals surface area contributed by atoms with E-state index >= 15 is 0 Å². The zero-order chi connectivity index (χ0) is 15.9. The number of aldehydes is 1. The van der Waals surface area contributed by atoms with Crippen molar-refractivity contribution < 1.29 is 50.0 Å². The molecule has 0 heterocycles. The summed E-state index contributed by atoms with van der Waals surface area (Å²) in [7, 11) is 0. The van der Waals surface area contributed by atoms with Crippen LogP contribution in [0.5, 0.6) is 0 Å². The second-order valence-electron chi connectivity index (χ2n) is 3.99. The highest BCUT2D eigenvalue weighted by Crippen LogP contribution is 2.14. The third kappa shape index (κ3) is 6.17. The molecule has 0 bridgehead atoms. The fourth-order valence-corrected chi connectivity index (χ4v) is 1.30. The van der Waals surface area contributed by atoms with Gasteiger partial charge in [0.05, 0.1) is 6.61 Å². The van der Waals surface area contributed by atoms with Crippen LogP contribution in [0.25, 0.3) is 0 Å². The molecule has 0 saturated carbocycles. The maximum absolute atomic E-state index is 10.4. The van der Waals surface area contributed by atoms with Gasteiger partial charge < -0.3 is 50.0 Å². The maximum atomic E-state index is 10.4. The minimum absolute atomic E-state index is 0.0367. The first-order chi connectivity index (χ1) is 9.24. The van der Waals surface area contributed by atoms with Gasteiger partial charge in [-0.25, -0.2) is 0 Å². The topological polar surface area (TPSA) is 177 Å². The van der Waals surface area contributed by atoms with Gasteiger partial charge in [0.15, 0.2) is 12.6 Å². The average Bonchev–Trinajstić information content (AvgIpc) is 2.40. The predicted octanol–water partition coefficient (Wildman–Crippen LogP) is -4.36. The molecule has 0 spiro atoms. The van der Waals surface area contributed by atoms with Crippen LogP contribution in [0.1, 0.15) is 6.92 Å². The summed E-state index contributed by atoms with van der Waals surface area (Å²) in [5, 5.41) is 64.0. The van der Waals surface area contributed by atoms with Gasteiger partial charge >= 0.3 is 0 Å². The molecule has 0 aliphatic rings. The van der Waals surface area contributed by atoms with Crippen molar-refractivity contribution in [3.8, 4) is 0 Å². The van der Waals surface area contributed by atoms with E-state index in [2.05, 4.69) is 4.74 Å². The first-order valence-electron chi connectivity index (χ1n) is 5.70. The van der Waals surface area contributed by atoms with Crippen molar-refractivity contribution in [3.05, 3.63) is 0 Å². The lowest BCUT2D eigenvalue weighted by molar-refractivity contribution is -0.324. The number of ether oxygens (including phenoxy) is 2. The van der Waals surface area contributed by atoms with E-state index in [9.17, 15) is 15.0 Å². The molecule has 10 heteroatoms. The van der Waals surface area contributed by atoms with E-state index in [1.165, 1.54) is 0 Å². The fourth-order valence-electron chi connectivity index (χ4n) is 1.30. The number of hydrogen-bond acceptors (Lipinski definition) is 10. The van der Waals surface area contributed by atoms with Crippen molar-refractivity contribution in [1.29, 1.82) is 0 Å². The van der Waals surface area contributed by atoms with Crippen molar-refractivity contribution in [2.75, 3.05) is 6.61 Å². The van der Waals surface area contributed by atoms with Gasteiger partial charge in [0, 0.05) is 0 Å². The van der Waals surface area contributed by atoms with Crippen molar-refractivity contribution in [1.82, 2.24) is 0 Å². The Kier molecular flexibility index (Phi) is 8.96. The van der Waals surface area contributed by atoms with Gasteiger partial charge in [0.25, 0.3) is 0 Å². The van der Waals surface area contributed by atoms with Crippen molar-refractivity contribution in [3.63, 3.8) is 0 Å². The zero-order valence-corrected chi connectivity index (χ0v) is 10.7. The lowest BCUT2D eigenvalue weighted by Gasteiger charge is -2.32. The highest BCUT2D eigenvalue weighted by atomic mass is 16.8. The number of carbonyl (C=O) groups is 1. The van der Waals surface area contributed by atoms with E-state index in [-0.39, 0.29) is 6.29 Å². The zero-order valence-electron chi connectivity index (χ0n) is 10.7. The Hall–Kier alpha value is -0.690. The molecule has 0 aromatic heterocycles. The van der Waals surface area contributed by atoms with Gasteiger partial charge in [0.1, 0.15) is 24.4 Å². The Bertz CT molecular complexity index is 271. The molecule has 6 unspecified atom stereocenters. The van der Waals surface area contributed by atoms with E-state index in [4.69, 9.17) is 30.3 Å². The van der Waals surface area contributed by atoms with Crippen LogP contribution in [0, 0.1) is 0 Å². The molecular weight excluding hydrogens is 280 g/mol. The highest BCUT2D eigenvalue weighted by molar-refractivity contribution is 5.56. The lowest BCUT2D eigenvalue weighted by atomic mass is 10.0. The summed E-state index contributed by atoms with van der Waals surface area (Å²) < 4.78 is 9.36. The number of carbonyl (C=O) groups excluding carboxylic acids is 1. The minimum Gasteiger partial charge on any atom is -0.394 e. The number of hydrogen-bond donors (Lipinski definition) is 7. The first-order valence-corrected chi connectivity index (χ1v) is 5.70. The summed E-state index contributed by atoms with van der Waals surface area (Å²) in [6, 6.07) is 0. The Morgan fingerprint density at radius 3 is 1.95 bits per heavy atom. The Balaban J connectivity index is 4.97. The van der Waals surface area contributed by atoms with Gasteiger partial charge in [-0.3, -0.25) is 0 Å². The quantitative estimate of drug-likeness (QED) is 0.154. The van der Waals surface area contributed by atoms with E-state index in [1.807, 2.05) is 0 Å². The maximum Gasteiger partial charge on any atom is 0.211 e. The molecule has 0 amide bonds. The smallest absolute Gasteiger partial charge is 0.211 e. The fraction of sp³-hybridized carbons (Fsp3) is 0.900. The average molecular weight is 300 g/mol. The highest BCUT2D eigenvalue weighted by Gasteiger charge is 2.36. The number of aliphatic hydroxyl groups excluding tert-OH is 6. The van der Waals surface area contributed by atoms with E-state index in [0.29, 0.717) is 0 Å². The van der Waals surface area contributed by atoms with Gasteiger partial charge in [0.2, 0.25) is 12.6 Å². The summed E-state index contributed by atoms with van der Waals surface area (Å²) in [6.07, 6.45) is -13.1. The van der Waals surface area contributed by atoms with Crippen molar-refractivity contribution >= 4 is 6.29 Å². The molecule has 0 fully saturated rings. The van der Waals surface area contributed by atoms with Crippen LogP contribution < -0.4 is 0 Å². The Labute approximate surface area is 114 Å². The van der Waals surface area contributed by atoms with E-state index in [1.54, 1.807) is 0 Å². The molecule has 6 atom stereocenters. The molecule has 0 aliphatic carbocycles. The van der Waals surface area contributed by atoms with E-state index in [0.717, 1.165) is 6.92 Å². The second-order valence-corrected chi connectivity index (χ2v) is 3.99. The molecule has 10 nitrogen and oxygen atoms in total. The lowest BCUT2D eigenvalue weighted by Crippen LogP contribution is -2.51.